The second-order valence-electron chi connectivity index (χ2n) is 7.73. The van der Waals surface area contributed by atoms with E-state index in [1.807, 2.05) is 12.1 Å². The molecule has 0 saturated carbocycles. The molecular weight excluding hydrogens is 360 g/mol. The van der Waals surface area contributed by atoms with Crippen molar-refractivity contribution in [2.24, 2.45) is 5.92 Å². The summed E-state index contributed by atoms with van der Waals surface area (Å²) in [6.07, 6.45) is 2.59. The van der Waals surface area contributed by atoms with E-state index in [2.05, 4.69) is 0 Å². The Kier molecular flexibility index (Phi) is 5.08. The van der Waals surface area contributed by atoms with E-state index in [1.54, 1.807) is 18.2 Å². The molecule has 0 unspecified atom stereocenters. The van der Waals surface area contributed by atoms with Crippen LogP contribution in [0.25, 0.3) is 0 Å². The van der Waals surface area contributed by atoms with Gasteiger partial charge in [-0.3, -0.25) is 0 Å². The second kappa shape index (κ2) is 7.53. The van der Waals surface area contributed by atoms with Crippen LogP contribution in [0.5, 0.6) is 23.0 Å². The molecule has 6 nitrogen and oxygen atoms in total. The molecule has 1 saturated heterocycles. The van der Waals surface area contributed by atoms with Crippen molar-refractivity contribution in [1.82, 2.24) is 0 Å². The van der Waals surface area contributed by atoms with Gasteiger partial charge in [-0.2, -0.15) is 0 Å². The lowest BCUT2D eigenvalue weighted by Crippen LogP contribution is -2.42. The van der Waals surface area contributed by atoms with Crippen LogP contribution in [0.4, 0.5) is 0 Å². The highest BCUT2D eigenvalue weighted by Crippen LogP contribution is 2.51. The summed E-state index contributed by atoms with van der Waals surface area (Å²) in [4.78, 5) is 0. The van der Waals surface area contributed by atoms with Crippen LogP contribution in [-0.2, 0) is 17.6 Å². The van der Waals surface area contributed by atoms with E-state index >= 15 is 0 Å². The molecule has 0 radical (unpaired) electrons. The van der Waals surface area contributed by atoms with Gasteiger partial charge in [0, 0.05) is 11.5 Å². The molecule has 0 aromatic heterocycles. The maximum absolute atomic E-state index is 10.7. The summed E-state index contributed by atoms with van der Waals surface area (Å²) < 4.78 is 11.7. The largest absolute Gasteiger partial charge is 0.508 e. The molecule has 2 aromatic rings. The molecule has 2 aliphatic rings. The molecule has 0 bridgehead atoms. The Bertz CT molecular complexity index is 847. The second-order valence-corrected chi connectivity index (χ2v) is 7.73. The first-order valence-corrected chi connectivity index (χ1v) is 9.71. The smallest absolute Gasteiger partial charge is 0.200 e. The van der Waals surface area contributed by atoms with E-state index in [1.165, 1.54) is 7.11 Å². The third kappa shape index (κ3) is 3.38. The molecule has 1 aliphatic heterocycles. The lowest BCUT2D eigenvalue weighted by molar-refractivity contribution is -0.146. The first-order chi connectivity index (χ1) is 13.5. The van der Waals surface area contributed by atoms with E-state index in [4.69, 9.17) is 9.47 Å². The van der Waals surface area contributed by atoms with Crippen LogP contribution in [0.2, 0.25) is 0 Å². The first-order valence-electron chi connectivity index (χ1n) is 9.71. The highest BCUT2D eigenvalue weighted by atomic mass is 16.5. The van der Waals surface area contributed by atoms with Gasteiger partial charge in [0.2, 0.25) is 5.75 Å². The summed E-state index contributed by atoms with van der Waals surface area (Å²) in [5, 5.41) is 40.4. The Hall–Kier alpha value is -2.44. The molecule has 4 rings (SSSR count). The highest BCUT2D eigenvalue weighted by Gasteiger charge is 2.43. The maximum atomic E-state index is 10.7. The zero-order valence-electron chi connectivity index (χ0n) is 15.8. The number of rotatable bonds is 4. The number of aryl methyl sites for hydroxylation is 1. The molecule has 28 heavy (non-hydrogen) atoms. The third-order valence-electron chi connectivity index (χ3n) is 6.03. The van der Waals surface area contributed by atoms with Crippen LogP contribution in [0, 0.1) is 5.92 Å². The molecule has 4 N–H and O–H groups in total. The number of benzene rings is 2. The fraction of sp³-hybridized carbons (Fsp3) is 0.455. The minimum atomic E-state index is -0.473. The van der Waals surface area contributed by atoms with Gasteiger partial charge < -0.3 is 29.9 Å². The van der Waals surface area contributed by atoms with Gasteiger partial charge in [-0.05, 0) is 61.4 Å². The van der Waals surface area contributed by atoms with E-state index in [-0.39, 0.29) is 41.1 Å². The van der Waals surface area contributed by atoms with Crippen molar-refractivity contribution in [1.29, 1.82) is 0 Å². The number of phenols is 3. The number of ether oxygens (including phenoxy) is 2. The summed E-state index contributed by atoms with van der Waals surface area (Å²) in [6, 6.07) is 8.65. The lowest BCUT2D eigenvalue weighted by Gasteiger charge is -2.44. The van der Waals surface area contributed by atoms with Crippen LogP contribution in [-0.4, -0.2) is 39.7 Å². The van der Waals surface area contributed by atoms with Gasteiger partial charge in [0.1, 0.15) is 5.75 Å². The van der Waals surface area contributed by atoms with Crippen molar-refractivity contribution in [3.63, 3.8) is 0 Å². The Labute approximate surface area is 164 Å². The highest BCUT2D eigenvalue weighted by molar-refractivity contribution is 5.59. The number of hydrogen-bond acceptors (Lipinski definition) is 6. The Balaban J connectivity index is 1.56. The van der Waals surface area contributed by atoms with Crippen LogP contribution in [0.1, 0.15) is 42.1 Å². The summed E-state index contributed by atoms with van der Waals surface area (Å²) in [6.45, 7) is 0. The summed E-state index contributed by atoms with van der Waals surface area (Å²) >= 11 is 0. The van der Waals surface area contributed by atoms with Crippen molar-refractivity contribution in [3.8, 4) is 23.0 Å². The number of aliphatic hydroxyl groups excluding tert-OH is 1. The maximum Gasteiger partial charge on any atom is 0.200 e. The fourth-order valence-corrected chi connectivity index (χ4v) is 4.57. The van der Waals surface area contributed by atoms with Crippen LogP contribution < -0.4 is 4.74 Å². The third-order valence-corrected chi connectivity index (χ3v) is 6.03. The topological polar surface area (TPSA) is 99.4 Å². The molecule has 0 spiro atoms. The van der Waals surface area contributed by atoms with Gasteiger partial charge in [0.25, 0.3) is 0 Å². The number of aromatic hydroxyl groups is 3. The minimum Gasteiger partial charge on any atom is -0.508 e. The zero-order chi connectivity index (χ0) is 19.8. The number of fused-ring (bicyclic) bond motifs is 3. The molecule has 1 heterocycles. The SMILES string of the molecule is COc1c(O)c(O)cc2c1CC[C@@H]1[C@H](O)C[C@H](CCc3ccc(O)cc3)O[C@@H]21. The van der Waals surface area contributed by atoms with E-state index in [9.17, 15) is 20.4 Å². The molecule has 1 aliphatic carbocycles. The molecule has 2 aromatic carbocycles. The number of aliphatic hydroxyl groups is 1. The van der Waals surface area contributed by atoms with Gasteiger partial charge in [-0.25, -0.2) is 0 Å². The standard InChI is InChI=1S/C22H26O6/c1-27-22-15-8-9-16-18(24)10-14(7-4-12-2-5-13(23)6-3-12)28-21(16)17(15)11-19(25)20(22)26/h2-3,5-6,11,14,16,18,21,23-26H,4,7-10H2,1H3/t14-,16+,18+,21+/m0/s1. The van der Waals surface area contributed by atoms with Gasteiger partial charge >= 0.3 is 0 Å². The summed E-state index contributed by atoms with van der Waals surface area (Å²) in [5.74, 6) is 0.0103. The van der Waals surface area contributed by atoms with Crippen molar-refractivity contribution in [2.45, 2.75) is 50.4 Å². The molecule has 6 heteroatoms. The average Bonchev–Trinajstić information content (AvgIpc) is 2.69. The van der Waals surface area contributed by atoms with Crippen molar-refractivity contribution < 1.29 is 29.9 Å². The summed E-state index contributed by atoms with van der Waals surface area (Å²) in [7, 11) is 1.47. The first kappa shape index (κ1) is 18.9. The van der Waals surface area contributed by atoms with E-state index in [0.717, 1.165) is 36.0 Å². The number of phenolic OH excluding ortho intramolecular Hbond substituents is 3. The lowest BCUT2D eigenvalue weighted by atomic mass is 9.74. The normalized spacial score (nSPS) is 26.4. The molecular formula is C22H26O6. The van der Waals surface area contributed by atoms with Gasteiger partial charge in [-0.15, -0.1) is 0 Å². The number of methoxy groups -OCH3 is 1. The van der Waals surface area contributed by atoms with Crippen LogP contribution in [0.3, 0.4) is 0 Å². The van der Waals surface area contributed by atoms with Crippen molar-refractivity contribution in [2.75, 3.05) is 7.11 Å². The Morgan fingerprint density at radius 1 is 1.14 bits per heavy atom. The predicted octanol–water partition coefficient (Wildman–Crippen LogP) is 3.20. The monoisotopic (exact) mass is 386 g/mol. The molecule has 0 amide bonds. The Morgan fingerprint density at radius 2 is 1.89 bits per heavy atom. The minimum absolute atomic E-state index is 0.0360. The van der Waals surface area contributed by atoms with Crippen molar-refractivity contribution in [3.05, 3.63) is 47.0 Å². The van der Waals surface area contributed by atoms with E-state index in [0.29, 0.717) is 12.8 Å². The summed E-state index contributed by atoms with van der Waals surface area (Å²) in [5.41, 5.74) is 2.73. The number of hydrogen-bond donors (Lipinski definition) is 4. The van der Waals surface area contributed by atoms with E-state index < -0.39 is 6.10 Å². The van der Waals surface area contributed by atoms with Crippen LogP contribution >= 0.6 is 0 Å². The molecule has 1 fully saturated rings. The Morgan fingerprint density at radius 3 is 2.61 bits per heavy atom. The van der Waals surface area contributed by atoms with Gasteiger partial charge in [-0.1, -0.05) is 12.1 Å². The average molecular weight is 386 g/mol. The quantitative estimate of drug-likeness (QED) is 0.602. The van der Waals surface area contributed by atoms with Gasteiger partial charge in [0.15, 0.2) is 11.5 Å². The zero-order valence-corrected chi connectivity index (χ0v) is 15.8. The van der Waals surface area contributed by atoms with Crippen molar-refractivity contribution >= 4 is 0 Å². The predicted molar refractivity (Wildman–Crippen MR) is 103 cm³/mol. The fourth-order valence-electron chi connectivity index (χ4n) is 4.57. The van der Waals surface area contributed by atoms with Gasteiger partial charge in [0.05, 0.1) is 25.4 Å². The molecule has 4 atom stereocenters. The van der Waals surface area contributed by atoms with Crippen LogP contribution in [0.15, 0.2) is 30.3 Å². The molecule has 150 valence electrons.